The molecule has 2 amide bonds. The molecule has 3 N–H and O–H groups in total. The Kier molecular flexibility index (Phi) is 4.94. The molecule has 0 aliphatic heterocycles. The molecule has 0 aromatic heterocycles. The molecule has 1 fully saturated rings. The van der Waals surface area contributed by atoms with Gasteiger partial charge in [-0.2, -0.15) is 0 Å². The molecule has 0 bridgehead atoms. The number of urea groups is 1. The highest BCUT2D eigenvalue weighted by Gasteiger charge is 2.40. The van der Waals surface area contributed by atoms with Crippen molar-refractivity contribution >= 4 is 18.0 Å². The van der Waals surface area contributed by atoms with Gasteiger partial charge in [0.2, 0.25) is 0 Å². The Morgan fingerprint density at radius 1 is 1.33 bits per heavy atom. The number of hydrogen-bond donors (Lipinski definition) is 3. The van der Waals surface area contributed by atoms with E-state index in [-0.39, 0.29) is 19.6 Å². The van der Waals surface area contributed by atoms with E-state index in [0.717, 1.165) is 6.42 Å². The van der Waals surface area contributed by atoms with Crippen molar-refractivity contribution in [1.82, 2.24) is 10.6 Å². The summed E-state index contributed by atoms with van der Waals surface area (Å²) in [6, 6.07) is -0.538. The zero-order valence-corrected chi connectivity index (χ0v) is 10.3. The predicted molar refractivity (Wildman–Crippen MR) is 62.0 cm³/mol. The third kappa shape index (κ3) is 4.23. The fourth-order valence-corrected chi connectivity index (χ4v) is 1.89. The molecule has 0 aromatic rings. The summed E-state index contributed by atoms with van der Waals surface area (Å²) in [5.74, 6) is -1.46. The normalized spacial score (nSPS) is 16.3. The van der Waals surface area contributed by atoms with Crippen LogP contribution in [0.5, 0.6) is 0 Å². The number of ether oxygens (including phenoxy) is 1. The largest absolute Gasteiger partial charge is 0.481 e. The molecule has 7 nitrogen and oxygen atoms in total. The third-order valence-electron chi connectivity index (χ3n) is 2.88. The van der Waals surface area contributed by atoms with E-state index in [9.17, 15) is 14.4 Å². The van der Waals surface area contributed by atoms with Crippen LogP contribution >= 0.6 is 0 Å². The van der Waals surface area contributed by atoms with Gasteiger partial charge in [-0.25, -0.2) is 4.79 Å². The molecular weight excluding hydrogens is 240 g/mol. The van der Waals surface area contributed by atoms with Gasteiger partial charge < -0.3 is 20.5 Å². The molecule has 0 spiro atoms. The lowest BCUT2D eigenvalue weighted by atomic mass is 9.74. The van der Waals surface area contributed by atoms with Gasteiger partial charge in [-0.15, -0.1) is 0 Å². The average Bonchev–Trinajstić information content (AvgIpc) is 2.23. The number of aliphatic carboxylic acids is 1. The molecule has 1 saturated carbocycles. The second-order valence-corrected chi connectivity index (χ2v) is 4.32. The number of carbonyl (C=O) groups excluding carboxylic acids is 2. The summed E-state index contributed by atoms with van der Waals surface area (Å²) in [7, 11) is 0. The van der Waals surface area contributed by atoms with Crippen LogP contribution in [0.3, 0.4) is 0 Å². The Labute approximate surface area is 105 Å². The van der Waals surface area contributed by atoms with Crippen molar-refractivity contribution in [2.45, 2.75) is 38.1 Å². The highest BCUT2D eigenvalue weighted by atomic mass is 16.5. The Balaban J connectivity index is 2.34. The Bertz CT molecular complexity index is 338. The van der Waals surface area contributed by atoms with Gasteiger partial charge in [0.25, 0.3) is 0 Å². The maximum absolute atomic E-state index is 11.5. The smallest absolute Gasteiger partial charge is 0.325 e. The summed E-state index contributed by atoms with van der Waals surface area (Å²) < 4.78 is 4.65. The summed E-state index contributed by atoms with van der Waals surface area (Å²) >= 11 is 0. The van der Waals surface area contributed by atoms with E-state index in [4.69, 9.17) is 5.11 Å². The lowest BCUT2D eigenvalue weighted by Crippen LogP contribution is -2.57. The minimum atomic E-state index is -0.944. The highest BCUT2D eigenvalue weighted by molar-refractivity contribution is 5.82. The van der Waals surface area contributed by atoms with E-state index >= 15 is 0 Å². The third-order valence-corrected chi connectivity index (χ3v) is 2.88. The van der Waals surface area contributed by atoms with Crippen molar-refractivity contribution in [2.75, 3.05) is 13.2 Å². The quantitative estimate of drug-likeness (QED) is 0.592. The molecule has 1 aliphatic rings. The lowest BCUT2D eigenvalue weighted by molar-refractivity contribution is -0.142. The van der Waals surface area contributed by atoms with Crippen LogP contribution in [0.1, 0.15) is 32.6 Å². The maximum atomic E-state index is 11.5. The van der Waals surface area contributed by atoms with E-state index in [1.165, 1.54) is 0 Å². The Morgan fingerprint density at radius 2 is 2.00 bits per heavy atom. The second-order valence-electron chi connectivity index (χ2n) is 4.32. The van der Waals surface area contributed by atoms with E-state index in [2.05, 4.69) is 15.4 Å². The van der Waals surface area contributed by atoms with Crippen LogP contribution in [0.2, 0.25) is 0 Å². The average molecular weight is 258 g/mol. The topological polar surface area (TPSA) is 105 Å². The van der Waals surface area contributed by atoms with Crippen molar-refractivity contribution in [3.8, 4) is 0 Å². The second kappa shape index (κ2) is 6.23. The number of carboxylic acids is 1. The van der Waals surface area contributed by atoms with Crippen LogP contribution in [0.15, 0.2) is 0 Å². The molecule has 0 saturated heterocycles. The molecule has 0 atom stereocenters. The first-order valence-electron chi connectivity index (χ1n) is 5.91. The maximum Gasteiger partial charge on any atom is 0.325 e. The molecule has 0 radical (unpaired) electrons. The number of hydrogen-bond acceptors (Lipinski definition) is 4. The summed E-state index contributed by atoms with van der Waals surface area (Å²) in [4.78, 5) is 33.2. The van der Waals surface area contributed by atoms with Crippen molar-refractivity contribution in [1.29, 1.82) is 0 Å². The monoisotopic (exact) mass is 258 g/mol. The highest BCUT2D eigenvalue weighted by Crippen LogP contribution is 2.34. The van der Waals surface area contributed by atoms with E-state index in [1.54, 1.807) is 6.92 Å². The van der Waals surface area contributed by atoms with E-state index in [1.807, 2.05) is 0 Å². The van der Waals surface area contributed by atoms with Gasteiger partial charge in [-0.05, 0) is 26.2 Å². The van der Waals surface area contributed by atoms with Crippen molar-refractivity contribution in [2.24, 2.45) is 0 Å². The zero-order valence-electron chi connectivity index (χ0n) is 10.3. The van der Waals surface area contributed by atoms with Crippen molar-refractivity contribution < 1.29 is 24.2 Å². The molecule has 7 heteroatoms. The first-order chi connectivity index (χ1) is 8.47. The standard InChI is InChI=1S/C11H18N2O5/c1-2-18-9(16)7-12-10(17)13-11(4-3-5-11)6-8(14)15/h2-7H2,1H3,(H,14,15)(H2,12,13,17). The van der Waals surface area contributed by atoms with Crippen molar-refractivity contribution in [3.63, 3.8) is 0 Å². The molecular formula is C11H18N2O5. The minimum absolute atomic E-state index is 0.0974. The van der Waals surface area contributed by atoms with Crippen LogP contribution in [-0.2, 0) is 14.3 Å². The van der Waals surface area contributed by atoms with Crippen molar-refractivity contribution in [3.05, 3.63) is 0 Å². The van der Waals surface area contributed by atoms with Gasteiger partial charge in [0.15, 0.2) is 0 Å². The van der Waals surface area contributed by atoms with E-state index in [0.29, 0.717) is 12.8 Å². The van der Waals surface area contributed by atoms with Crippen LogP contribution in [-0.4, -0.2) is 41.8 Å². The van der Waals surface area contributed by atoms with Crippen LogP contribution in [0, 0.1) is 0 Å². The van der Waals surface area contributed by atoms with Gasteiger partial charge in [0.05, 0.1) is 18.6 Å². The van der Waals surface area contributed by atoms with Gasteiger partial charge in [-0.3, -0.25) is 9.59 Å². The molecule has 0 heterocycles. The fourth-order valence-electron chi connectivity index (χ4n) is 1.89. The lowest BCUT2D eigenvalue weighted by Gasteiger charge is -2.41. The Hall–Kier alpha value is -1.79. The number of rotatable bonds is 6. The van der Waals surface area contributed by atoms with Crippen LogP contribution in [0.4, 0.5) is 4.79 Å². The molecule has 1 rings (SSSR count). The first kappa shape index (κ1) is 14.3. The molecule has 0 unspecified atom stereocenters. The van der Waals surface area contributed by atoms with Gasteiger partial charge in [0, 0.05) is 0 Å². The summed E-state index contributed by atoms with van der Waals surface area (Å²) in [6.45, 7) is 1.71. The van der Waals surface area contributed by atoms with Crippen LogP contribution in [0.25, 0.3) is 0 Å². The van der Waals surface area contributed by atoms with Gasteiger partial charge in [-0.1, -0.05) is 0 Å². The van der Waals surface area contributed by atoms with Gasteiger partial charge >= 0.3 is 18.0 Å². The number of amides is 2. The summed E-state index contributed by atoms with van der Waals surface area (Å²) in [5, 5.41) is 13.7. The summed E-state index contributed by atoms with van der Waals surface area (Å²) in [5.41, 5.74) is -0.662. The summed E-state index contributed by atoms with van der Waals surface area (Å²) in [6.07, 6.45) is 2.09. The van der Waals surface area contributed by atoms with Gasteiger partial charge in [0.1, 0.15) is 6.54 Å². The number of esters is 1. The molecule has 0 aromatic carbocycles. The predicted octanol–water partition coefficient (Wildman–Crippen LogP) is 0.246. The SMILES string of the molecule is CCOC(=O)CNC(=O)NC1(CC(=O)O)CCC1. The molecule has 1 aliphatic carbocycles. The van der Waals surface area contributed by atoms with Crippen LogP contribution < -0.4 is 10.6 Å². The first-order valence-corrected chi connectivity index (χ1v) is 5.91. The molecule has 102 valence electrons. The fraction of sp³-hybridized carbons (Fsp3) is 0.727. The zero-order chi connectivity index (χ0) is 13.6. The van der Waals surface area contributed by atoms with E-state index < -0.39 is 23.5 Å². The number of carbonyl (C=O) groups is 3. The number of nitrogens with one attached hydrogen (secondary N) is 2. The Morgan fingerprint density at radius 3 is 2.44 bits per heavy atom. The molecule has 18 heavy (non-hydrogen) atoms. The number of carboxylic acid groups (broad SMARTS) is 1. The minimum Gasteiger partial charge on any atom is -0.481 e.